The summed E-state index contributed by atoms with van der Waals surface area (Å²) in [5.74, 6) is 0.328. The minimum atomic E-state index is -0.0277. The zero-order valence-electron chi connectivity index (χ0n) is 15.5. The van der Waals surface area contributed by atoms with Gasteiger partial charge in [-0.1, -0.05) is 19.4 Å². The number of Topliss-reactive ketones (excluding diaryl/α,β-unsaturated/α-hetero) is 1. The van der Waals surface area contributed by atoms with Gasteiger partial charge in [0.25, 0.3) is 0 Å². The third kappa shape index (κ3) is 3.48. The van der Waals surface area contributed by atoms with E-state index in [1.54, 1.807) is 12.4 Å². The van der Waals surface area contributed by atoms with E-state index in [4.69, 9.17) is 0 Å². The van der Waals surface area contributed by atoms with Crippen LogP contribution in [0.15, 0.2) is 31.1 Å². The maximum atomic E-state index is 13.0. The number of aromatic amines is 1. The number of amides is 1. The van der Waals surface area contributed by atoms with Crippen LogP contribution in [-0.4, -0.2) is 45.7 Å². The van der Waals surface area contributed by atoms with Gasteiger partial charge < -0.3 is 15.2 Å². The summed E-state index contributed by atoms with van der Waals surface area (Å²) < 4.78 is 0. The molecule has 2 aliphatic rings. The first-order valence-electron chi connectivity index (χ1n) is 9.85. The molecule has 4 rings (SSSR count). The number of ketones is 1. The molecule has 1 aliphatic heterocycles. The summed E-state index contributed by atoms with van der Waals surface area (Å²) >= 11 is 0. The number of pyridine rings is 1. The largest absolute Gasteiger partial charge is 0.380 e. The number of nitrogens with one attached hydrogen (secondary N) is 2. The molecule has 1 saturated carbocycles. The zero-order valence-corrected chi connectivity index (χ0v) is 15.5. The Hall–Kier alpha value is -2.63. The lowest BCUT2D eigenvalue weighted by atomic mass is 9.95. The van der Waals surface area contributed by atoms with Crippen molar-refractivity contribution in [1.82, 2.24) is 14.9 Å². The minimum Gasteiger partial charge on any atom is -0.380 e. The van der Waals surface area contributed by atoms with Gasteiger partial charge in [0, 0.05) is 48.7 Å². The third-order valence-corrected chi connectivity index (χ3v) is 5.83. The van der Waals surface area contributed by atoms with Gasteiger partial charge in [0.1, 0.15) is 5.65 Å². The molecule has 3 heterocycles. The predicted molar refractivity (Wildman–Crippen MR) is 106 cm³/mol. The number of hydrogen-bond acceptors (Lipinski definition) is 4. The van der Waals surface area contributed by atoms with Crippen molar-refractivity contribution >= 4 is 28.4 Å². The van der Waals surface area contributed by atoms with E-state index >= 15 is 0 Å². The number of carbonyl (C=O) groups is 2. The van der Waals surface area contributed by atoms with Crippen molar-refractivity contribution < 1.29 is 9.59 Å². The Bertz CT molecular complexity index is 866. The number of likely N-dealkylation sites (tertiary alicyclic amines) is 1. The van der Waals surface area contributed by atoms with E-state index in [0.29, 0.717) is 6.54 Å². The summed E-state index contributed by atoms with van der Waals surface area (Å²) in [7, 11) is 0. The molecule has 27 heavy (non-hydrogen) atoms. The lowest BCUT2D eigenvalue weighted by Gasteiger charge is -2.33. The second kappa shape index (κ2) is 7.55. The molecule has 1 saturated heterocycles. The minimum absolute atomic E-state index is 0.0277. The number of nitrogens with zero attached hydrogens (tertiary/aromatic N) is 2. The smallest absolute Gasteiger partial charge is 0.246 e. The summed E-state index contributed by atoms with van der Waals surface area (Å²) in [6.07, 6.45) is 11.1. The monoisotopic (exact) mass is 366 g/mol. The lowest BCUT2D eigenvalue weighted by molar-refractivity contribution is -0.127. The van der Waals surface area contributed by atoms with E-state index in [1.807, 2.05) is 11.0 Å². The highest BCUT2D eigenvalue weighted by Crippen LogP contribution is 2.33. The van der Waals surface area contributed by atoms with E-state index < -0.39 is 0 Å². The van der Waals surface area contributed by atoms with Crippen LogP contribution in [0.3, 0.4) is 0 Å². The Balaban J connectivity index is 1.60. The summed E-state index contributed by atoms with van der Waals surface area (Å²) in [5.41, 5.74) is 2.39. The van der Waals surface area contributed by atoms with Gasteiger partial charge in [-0.2, -0.15) is 0 Å². The normalized spacial score (nSPS) is 20.7. The zero-order chi connectivity index (χ0) is 18.8. The molecular weight excluding hydrogens is 340 g/mol. The Morgan fingerprint density at radius 3 is 2.85 bits per heavy atom. The van der Waals surface area contributed by atoms with E-state index in [9.17, 15) is 9.59 Å². The average molecular weight is 366 g/mol. The molecule has 2 fully saturated rings. The first-order valence-corrected chi connectivity index (χ1v) is 9.85. The van der Waals surface area contributed by atoms with E-state index in [0.717, 1.165) is 67.4 Å². The number of carbonyl (C=O) groups excluding carboxylic acids is 2. The van der Waals surface area contributed by atoms with Crippen LogP contribution < -0.4 is 5.32 Å². The molecule has 1 aliphatic carbocycles. The van der Waals surface area contributed by atoms with E-state index in [1.165, 1.54) is 6.08 Å². The Morgan fingerprint density at radius 1 is 1.26 bits per heavy atom. The fraction of sp³-hybridized carbons (Fsp3) is 0.476. The van der Waals surface area contributed by atoms with Gasteiger partial charge in [-0.3, -0.25) is 9.59 Å². The molecule has 0 radical (unpaired) electrons. The molecule has 6 heteroatoms. The number of fused-ring (bicyclic) bond motifs is 1. The van der Waals surface area contributed by atoms with E-state index in [-0.39, 0.29) is 23.7 Å². The van der Waals surface area contributed by atoms with Gasteiger partial charge in [-0.05, 0) is 37.8 Å². The van der Waals surface area contributed by atoms with Crippen LogP contribution in [0.4, 0.5) is 5.69 Å². The van der Waals surface area contributed by atoms with Crippen molar-refractivity contribution in [3.63, 3.8) is 0 Å². The lowest BCUT2D eigenvalue weighted by Crippen LogP contribution is -2.44. The van der Waals surface area contributed by atoms with Gasteiger partial charge in [-0.25, -0.2) is 4.98 Å². The molecule has 2 aromatic heterocycles. The first kappa shape index (κ1) is 17.8. The molecule has 1 atom stereocenters. The van der Waals surface area contributed by atoms with Gasteiger partial charge >= 0.3 is 0 Å². The number of hydrogen-bond donors (Lipinski definition) is 2. The van der Waals surface area contributed by atoms with Gasteiger partial charge in [-0.15, -0.1) is 0 Å². The molecular formula is C21H26N4O2. The molecule has 0 bridgehead atoms. The standard InChI is InChI=1S/C21H26N4O2/c1-2-18(26)25-11-5-8-15(13-25)24-17-9-10-22-21-19(17)16(12-23-21)20(27)14-6-3-4-7-14/h2,9-10,12,14-15H,1,3-8,11,13H2,(H2,22,23,24)/t15-/m1/s1. The maximum absolute atomic E-state index is 13.0. The third-order valence-electron chi connectivity index (χ3n) is 5.83. The van der Waals surface area contributed by atoms with Gasteiger partial charge in [0.05, 0.1) is 5.39 Å². The molecule has 142 valence electrons. The molecule has 2 aromatic rings. The molecule has 0 aromatic carbocycles. The number of H-pyrrole nitrogens is 1. The number of rotatable bonds is 5. The quantitative estimate of drug-likeness (QED) is 0.627. The summed E-state index contributed by atoms with van der Waals surface area (Å²) in [6.45, 7) is 5.00. The summed E-state index contributed by atoms with van der Waals surface area (Å²) in [4.78, 5) is 34.3. The summed E-state index contributed by atoms with van der Waals surface area (Å²) in [6, 6.07) is 2.08. The molecule has 6 nitrogen and oxygen atoms in total. The Kier molecular flexibility index (Phi) is 4.97. The molecule has 0 spiro atoms. The summed E-state index contributed by atoms with van der Waals surface area (Å²) in [5, 5.41) is 4.44. The van der Waals surface area contributed by atoms with Crippen molar-refractivity contribution in [2.75, 3.05) is 18.4 Å². The van der Waals surface area contributed by atoms with Crippen molar-refractivity contribution in [2.45, 2.75) is 44.6 Å². The van der Waals surface area contributed by atoms with Crippen molar-refractivity contribution in [3.05, 3.63) is 36.7 Å². The topological polar surface area (TPSA) is 78.1 Å². The number of anilines is 1. The highest BCUT2D eigenvalue weighted by atomic mass is 16.2. The van der Waals surface area contributed by atoms with Crippen molar-refractivity contribution in [3.8, 4) is 0 Å². The highest BCUT2D eigenvalue weighted by Gasteiger charge is 2.28. The Morgan fingerprint density at radius 2 is 2.07 bits per heavy atom. The average Bonchev–Trinajstić information content (AvgIpc) is 3.37. The van der Waals surface area contributed by atoms with Crippen LogP contribution in [0.1, 0.15) is 48.9 Å². The molecule has 2 N–H and O–H groups in total. The second-order valence-electron chi connectivity index (χ2n) is 7.60. The molecule has 0 unspecified atom stereocenters. The SMILES string of the molecule is C=CC(=O)N1CCC[C@@H](Nc2ccnc3[nH]cc(C(=O)C4CCCC4)c23)C1. The van der Waals surface area contributed by atoms with Crippen molar-refractivity contribution in [1.29, 1.82) is 0 Å². The first-order chi connectivity index (χ1) is 13.2. The maximum Gasteiger partial charge on any atom is 0.246 e. The van der Waals surface area contributed by atoms with Crippen LogP contribution in [0.2, 0.25) is 0 Å². The fourth-order valence-electron chi connectivity index (χ4n) is 4.42. The van der Waals surface area contributed by atoms with Gasteiger partial charge in [0.15, 0.2) is 5.78 Å². The highest BCUT2D eigenvalue weighted by molar-refractivity contribution is 6.12. The second-order valence-corrected chi connectivity index (χ2v) is 7.60. The van der Waals surface area contributed by atoms with Crippen LogP contribution in [-0.2, 0) is 4.79 Å². The van der Waals surface area contributed by atoms with Crippen molar-refractivity contribution in [2.24, 2.45) is 5.92 Å². The van der Waals surface area contributed by atoms with Crippen LogP contribution in [0.5, 0.6) is 0 Å². The number of piperidine rings is 1. The van der Waals surface area contributed by atoms with Crippen LogP contribution in [0, 0.1) is 5.92 Å². The van der Waals surface area contributed by atoms with Gasteiger partial charge in [0.2, 0.25) is 5.91 Å². The predicted octanol–water partition coefficient (Wildman–Crippen LogP) is 3.52. The van der Waals surface area contributed by atoms with E-state index in [2.05, 4.69) is 21.9 Å². The van der Waals surface area contributed by atoms with Crippen LogP contribution in [0.25, 0.3) is 11.0 Å². The van der Waals surface area contributed by atoms with Crippen LogP contribution >= 0.6 is 0 Å². The Labute approximate surface area is 159 Å². The number of aromatic nitrogens is 2. The molecule has 1 amide bonds. The fourth-order valence-corrected chi connectivity index (χ4v) is 4.42.